The molecule has 0 aromatic heterocycles. The van der Waals surface area contributed by atoms with E-state index in [2.05, 4.69) is 0 Å². The summed E-state index contributed by atoms with van der Waals surface area (Å²) in [6.07, 6.45) is 0. The van der Waals surface area contributed by atoms with Crippen molar-refractivity contribution in [1.29, 1.82) is 0 Å². The molecule has 1 nitrogen and oxygen atoms in total. The Morgan fingerprint density at radius 3 is 1.45 bits per heavy atom. The minimum Gasteiger partial charge on any atom is -0.295 e. The quantitative estimate of drug-likeness (QED) is 0.499. The molecule has 0 aromatic carbocycles. The third-order valence-electron chi connectivity index (χ3n) is 6.15. The van der Waals surface area contributed by atoms with Gasteiger partial charge in [0.15, 0.2) is 10.7 Å². The van der Waals surface area contributed by atoms with Crippen molar-refractivity contribution in [2.24, 2.45) is 5.92 Å². The maximum Gasteiger partial charge on any atom is 0.182 e. The molecule has 6 aliphatic carbocycles. The Balaban J connectivity index is 2.05. The Labute approximate surface area is 158 Å². The number of hydrogen-bond donors (Lipinski definition) is 0. The SMILES string of the molecule is O=C1C2(Cl)C3(Cl)C4C(Cl)(Cl)C5(Cl)C3(Cl)C1(Cl)C5(Cl)C42Cl. The van der Waals surface area contributed by atoms with Gasteiger partial charge in [-0.1, -0.05) is 23.2 Å². The van der Waals surface area contributed by atoms with E-state index in [9.17, 15) is 4.79 Å². The second-order valence-corrected chi connectivity index (χ2v) is 11.5. The number of carbonyl (C=O) groups is 1. The fourth-order valence-electron chi connectivity index (χ4n) is 5.66. The smallest absolute Gasteiger partial charge is 0.182 e. The third-order valence-corrected chi connectivity index (χ3v) is 13.8. The number of carbonyl (C=O) groups excluding carboxylic acids is 1. The van der Waals surface area contributed by atoms with Crippen LogP contribution in [0.25, 0.3) is 0 Å². The van der Waals surface area contributed by atoms with Crippen LogP contribution in [0.15, 0.2) is 0 Å². The highest BCUT2D eigenvalue weighted by Crippen LogP contribution is 3.07. The van der Waals surface area contributed by atoms with Gasteiger partial charge >= 0.3 is 0 Å². The van der Waals surface area contributed by atoms with E-state index in [1.807, 2.05) is 0 Å². The molecule has 4 unspecified atom stereocenters. The van der Waals surface area contributed by atoms with Crippen LogP contribution in [-0.2, 0) is 4.79 Å². The molecule has 0 heterocycles. The molecule has 6 aliphatic rings. The fraction of sp³-hybridized carbons (Fsp3) is 0.900. The summed E-state index contributed by atoms with van der Waals surface area (Å²) in [6.45, 7) is 0. The summed E-state index contributed by atoms with van der Waals surface area (Å²) in [5, 5.41) is 0. The first-order valence-electron chi connectivity index (χ1n) is 5.52. The molecule has 6 fully saturated rings. The summed E-state index contributed by atoms with van der Waals surface area (Å²) in [6, 6.07) is 0. The topological polar surface area (TPSA) is 17.1 Å². The highest BCUT2D eigenvalue weighted by molar-refractivity contribution is 6.79. The molecule has 0 aliphatic heterocycles. The van der Waals surface area contributed by atoms with E-state index in [-0.39, 0.29) is 0 Å². The number of rotatable bonds is 0. The van der Waals surface area contributed by atoms with E-state index in [4.69, 9.17) is 104 Å². The summed E-state index contributed by atoms with van der Waals surface area (Å²) in [7, 11) is 0. The number of halogens is 9. The highest BCUT2D eigenvalue weighted by Gasteiger charge is 3.26. The molecule has 0 spiro atoms. The molecule has 110 valence electrons. The van der Waals surface area contributed by atoms with E-state index in [1.165, 1.54) is 0 Å². The Bertz CT molecular complexity index is 644. The number of Topliss-reactive ketones (excluding diaryl/α,β-unsaturated/α-hetero) is 1. The molecule has 4 atom stereocenters. The van der Waals surface area contributed by atoms with Crippen molar-refractivity contribution in [2.75, 3.05) is 0 Å². The minimum absolute atomic E-state index is 0.598. The van der Waals surface area contributed by atoms with Crippen molar-refractivity contribution >= 4 is 110 Å². The monoisotopic (exact) mass is 452 g/mol. The van der Waals surface area contributed by atoms with Gasteiger partial charge < -0.3 is 0 Å². The Kier molecular flexibility index (Phi) is 2.02. The number of ketones is 1. The van der Waals surface area contributed by atoms with Crippen molar-refractivity contribution in [1.82, 2.24) is 0 Å². The lowest BCUT2D eigenvalue weighted by Crippen LogP contribution is -3.00. The molecule has 0 aromatic rings. The van der Waals surface area contributed by atoms with E-state index in [1.54, 1.807) is 0 Å². The first kappa shape index (κ1) is 14.6. The van der Waals surface area contributed by atoms with E-state index >= 15 is 0 Å². The zero-order chi connectivity index (χ0) is 15.2. The van der Waals surface area contributed by atoms with Crippen LogP contribution in [0, 0.1) is 5.92 Å². The van der Waals surface area contributed by atoms with Crippen molar-refractivity contribution in [3.05, 3.63) is 0 Å². The van der Waals surface area contributed by atoms with Crippen LogP contribution in [-0.4, -0.2) is 44.2 Å². The van der Waals surface area contributed by atoms with Gasteiger partial charge in [0.2, 0.25) is 0 Å². The average Bonchev–Trinajstić information content (AvgIpc) is 2.60. The minimum atomic E-state index is -1.79. The van der Waals surface area contributed by atoms with E-state index in [0.717, 1.165) is 0 Å². The van der Waals surface area contributed by atoms with Crippen LogP contribution in [0.5, 0.6) is 0 Å². The van der Waals surface area contributed by atoms with Crippen LogP contribution in [0.3, 0.4) is 0 Å². The predicted octanol–water partition coefficient (Wildman–Crippen LogP) is 4.26. The van der Waals surface area contributed by atoms with Gasteiger partial charge in [-0.25, -0.2) is 0 Å². The van der Waals surface area contributed by atoms with Crippen LogP contribution in [0.4, 0.5) is 0 Å². The molecule has 0 saturated heterocycles. The van der Waals surface area contributed by atoms with Crippen LogP contribution < -0.4 is 0 Å². The van der Waals surface area contributed by atoms with Gasteiger partial charge in [-0.05, 0) is 0 Å². The van der Waals surface area contributed by atoms with Crippen LogP contribution in [0.1, 0.15) is 0 Å². The van der Waals surface area contributed by atoms with Crippen molar-refractivity contribution in [2.45, 2.75) is 38.5 Å². The van der Waals surface area contributed by atoms with Gasteiger partial charge in [-0.15, -0.1) is 81.2 Å². The first-order chi connectivity index (χ1) is 8.77. The molecule has 10 heteroatoms. The zero-order valence-electron chi connectivity index (χ0n) is 8.89. The standard InChI is InChI=1S/C10HCl9O/c11-3-1-4(12)5(3,13)2(20)6(14)8(3,17)10(19,7(1,15)16)9(4,6)18/h1H. The van der Waals surface area contributed by atoms with E-state index < -0.39 is 50.2 Å². The first-order valence-corrected chi connectivity index (χ1v) is 8.92. The number of hydrogen-bond acceptors (Lipinski definition) is 1. The third kappa shape index (κ3) is 0.587. The van der Waals surface area contributed by atoms with Crippen molar-refractivity contribution in [3.63, 3.8) is 0 Å². The number of alkyl halides is 9. The molecule has 0 radical (unpaired) electrons. The van der Waals surface area contributed by atoms with Crippen molar-refractivity contribution in [3.8, 4) is 0 Å². The maximum absolute atomic E-state index is 12.7. The molecular weight excluding hydrogens is 455 g/mol. The van der Waals surface area contributed by atoms with Crippen molar-refractivity contribution < 1.29 is 4.79 Å². The van der Waals surface area contributed by atoms with Crippen LogP contribution >= 0.6 is 104 Å². The van der Waals surface area contributed by atoms with Gasteiger partial charge in [0, 0.05) is 5.92 Å². The Morgan fingerprint density at radius 2 is 1.05 bits per heavy atom. The van der Waals surface area contributed by atoms with Gasteiger partial charge in [0.05, 0.1) is 0 Å². The van der Waals surface area contributed by atoms with Gasteiger partial charge in [-0.3, -0.25) is 4.79 Å². The Hall–Kier alpha value is 2.28. The predicted molar refractivity (Wildman–Crippen MR) is 83.0 cm³/mol. The van der Waals surface area contributed by atoms with E-state index in [0.29, 0.717) is 0 Å². The molecule has 20 heavy (non-hydrogen) atoms. The molecule has 6 rings (SSSR count). The summed E-state index contributed by atoms with van der Waals surface area (Å²) in [5.41, 5.74) is 0. The Morgan fingerprint density at radius 1 is 0.650 bits per heavy atom. The largest absolute Gasteiger partial charge is 0.295 e. The summed E-state index contributed by atoms with van der Waals surface area (Å²) in [4.78, 5) is 1.11. The average molecular weight is 456 g/mol. The molecule has 6 saturated carbocycles. The summed E-state index contributed by atoms with van der Waals surface area (Å²) in [5.74, 6) is -1.45. The highest BCUT2D eigenvalue weighted by atomic mass is 35.5. The van der Waals surface area contributed by atoms with Gasteiger partial charge in [0.25, 0.3) is 0 Å². The van der Waals surface area contributed by atoms with Gasteiger partial charge in [0.1, 0.15) is 33.6 Å². The second-order valence-electron chi connectivity index (χ2n) is 6.10. The second kappa shape index (κ2) is 2.76. The van der Waals surface area contributed by atoms with Crippen LogP contribution in [0.2, 0.25) is 0 Å². The lowest BCUT2D eigenvalue weighted by atomic mass is 9.42. The maximum atomic E-state index is 12.7. The van der Waals surface area contributed by atoms with Gasteiger partial charge in [-0.2, -0.15) is 0 Å². The fourth-order valence-corrected chi connectivity index (χ4v) is 13.2. The normalized spacial score (nSPS) is 80.7. The zero-order valence-corrected chi connectivity index (χ0v) is 15.7. The summed E-state index contributed by atoms with van der Waals surface area (Å²) >= 11 is 59.0. The molecule has 4 bridgehead atoms. The lowest BCUT2D eigenvalue weighted by molar-refractivity contribution is -0.122. The lowest BCUT2D eigenvalue weighted by Gasteiger charge is -2.79. The molecule has 0 amide bonds. The molecular formula is C10HCl9O. The summed E-state index contributed by atoms with van der Waals surface area (Å²) < 4.78 is -1.64. The molecule has 0 N–H and O–H groups in total.